The molecule has 0 bridgehead atoms. The molecular weight excluding hydrogens is 424 g/mol. The van der Waals surface area contributed by atoms with Crippen LogP contribution in [0.4, 0.5) is 0 Å². The molecule has 1 aromatic carbocycles. The Hall–Kier alpha value is -3.95. The van der Waals surface area contributed by atoms with Gasteiger partial charge in [0.05, 0.1) is 45.8 Å². The molecule has 0 aromatic heterocycles. The number of carbonyl (C=O) groups excluding carboxylic acids is 3. The first-order valence-corrected chi connectivity index (χ1v) is 9.40. The number of fused-ring (bicyclic) bond motifs is 1. The fraction of sp³-hybridized carbons (Fsp3) is 0.318. The molecule has 3 N–H and O–H groups in total. The SMILES string of the molecule is COC(=O)C1=CC2=C(OC)C=C(O)C(=O)C2C(c2cc(O)c(O)cc2OC)C1C(=O)OC. The summed E-state index contributed by atoms with van der Waals surface area (Å²) in [5, 5.41) is 30.3. The van der Waals surface area contributed by atoms with Gasteiger partial charge in [-0.05, 0) is 12.1 Å². The number of rotatable bonds is 5. The first-order valence-electron chi connectivity index (χ1n) is 9.40. The third-order valence-electron chi connectivity index (χ3n) is 5.57. The Morgan fingerprint density at radius 1 is 0.906 bits per heavy atom. The fourth-order valence-corrected chi connectivity index (χ4v) is 4.14. The predicted molar refractivity (Wildman–Crippen MR) is 108 cm³/mol. The Kier molecular flexibility index (Phi) is 6.15. The number of carbonyl (C=O) groups is 3. The number of phenolic OH excluding ortho intramolecular Hbond substituents is 2. The van der Waals surface area contributed by atoms with Crippen LogP contribution in [0.3, 0.4) is 0 Å². The summed E-state index contributed by atoms with van der Waals surface area (Å²) >= 11 is 0. The van der Waals surface area contributed by atoms with Crippen molar-refractivity contribution in [2.45, 2.75) is 5.92 Å². The average Bonchev–Trinajstić information content (AvgIpc) is 2.80. The van der Waals surface area contributed by atoms with Crippen molar-refractivity contribution in [1.29, 1.82) is 0 Å². The summed E-state index contributed by atoms with van der Waals surface area (Å²) in [5.74, 6) is -7.72. The van der Waals surface area contributed by atoms with Gasteiger partial charge >= 0.3 is 11.9 Å². The molecule has 0 saturated heterocycles. The van der Waals surface area contributed by atoms with Crippen molar-refractivity contribution in [3.63, 3.8) is 0 Å². The minimum atomic E-state index is -1.37. The molecule has 3 rings (SSSR count). The van der Waals surface area contributed by atoms with Crippen molar-refractivity contribution in [1.82, 2.24) is 0 Å². The van der Waals surface area contributed by atoms with Crippen molar-refractivity contribution in [2.75, 3.05) is 28.4 Å². The van der Waals surface area contributed by atoms with E-state index in [9.17, 15) is 29.7 Å². The summed E-state index contributed by atoms with van der Waals surface area (Å²) < 4.78 is 20.4. The maximum absolute atomic E-state index is 13.1. The number of aromatic hydroxyl groups is 2. The molecule has 0 heterocycles. The number of ketones is 1. The molecular formula is C22H22O10. The van der Waals surface area contributed by atoms with Crippen LogP contribution in [-0.4, -0.2) is 61.5 Å². The van der Waals surface area contributed by atoms with Crippen LogP contribution in [0.15, 0.2) is 46.9 Å². The number of hydrogen-bond acceptors (Lipinski definition) is 10. The Balaban J connectivity index is 2.43. The third kappa shape index (κ3) is 3.53. The van der Waals surface area contributed by atoms with Crippen molar-refractivity contribution in [3.8, 4) is 17.2 Å². The highest BCUT2D eigenvalue weighted by molar-refractivity contribution is 6.04. The third-order valence-corrected chi connectivity index (χ3v) is 5.57. The molecule has 0 saturated carbocycles. The summed E-state index contributed by atoms with van der Waals surface area (Å²) in [7, 11) is 4.86. The van der Waals surface area contributed by atoms with Gasteiger partial charge in [0.1, 0.15) is 11.5 Å². The number of methoxy groups -OCH3 is 4. The Morgan fingerprint density at radius 2 is 1.56 bits per heavy atom. The second-order valence-corrected chi connectivity index (χ2v) is 7.10. The molecule has 10 heteroatoms. The molecule has 2 aliphatic rings. The maximum Gasteiger partial charge on any atom is 0.334 e. The molecule has 0 radical (unpaired) electrons. The number of hydrogen-bond donors (Lipinski definition) is 3. The molecule has 170 valence electrons. The number of ether oxygens (including phenoxy) is 4. The molecule has 0 fully saturated rings. The second-order valence-electron chi connectivity index (χ2n) is 7.10. The molecule has 3 atom stereocenters. The van der Waals surface area contributed by atoms with Gasteiger partial charge in [0.25, 0.3) is 0 Å². The fourth-order valence-electron chi connectivity index (χ4n) is 4.14. The number of Topliss-reactive ketones (excluding diaryl/α,β-unsaturated/α-hetero) is 1. The van der Waals surface area contributed by atoms with Gasteiger partial charge in [0.2, 0.25) is 5.78 Å². The van der Waals surface area contributed by atoms with Crippen LogP contribution in [0, 0.1) is 11.8 Å². The van der Waals surface area contributed by atoms with Gasteiger partial charge < -0.3 is 34.3 Å². The van der Waals surface area contributed by atoms with Crippen LogP contribution in [0.25, 0.3) is 0 Å². The first-order chi connectivity index (χ1) is 15.2. The smallest absolute Gasteiger partial charge is 0.334 e. The van der Waals surface area contributed by atoms with Gasteiger partial charge in [0, 0.05) is 29.2 Å². The summed E-state index contributed by atoms with van der Waals surface area (Å²) in [6, 6.07) is 2.24. The van der Waals surface area contributed by atoms with E-state index in [-0.39, 0.29) is 28.2 Å². The molecule has 0 spiro atoms. The monoisotopic (exact) mass is 446 g/mol. The van der Waals surface area contributed by atoms with Crippen molar-refractivity contribution in [3.05, 3.63) is 52.5 Å². The standard InChI is InChI=1S/C22H22O10/c1-29-15-7-13(24)12(23)6-10(15)17-18-9(16(30-2)8-14(25)20(18)26)5-11(21(27)31-3)19(17)22(28)32-4/h5-8,17-19,23-25H,1-4H3. The van der Waals surface area contributed by atoms with Crippen molar-refractivity contribution >= 4 is 17.7 Å². The van der Waals surface area contributed by atoms with Gasteiger partial charge in [-0.25, -0.2) is 4.79 Å². The summed E-state index contributed by atoms with van der Waals surface area (Å²) in [4.78, 5) is 38.6. The van der Waals surface area contributed by atoms with E-state index >= 15 is 0 Å². The molecule has 0 aliphatic heterocycles. The minimum Gasteiger partial charge on any atom is -0.504 e. The quantitative estimate of drug-likeness (QED) is 0.450. The van der Waals surface area contributed by atoms with Gasteiger partial charge in [-0.2, -0.15) is 0 Å². The van der Waals surface area contributed by atoms with E-state index in [0.717, 1.165) is 32.4 Å². The number of esters is 2. The van der Waals surface area contributed by atoms with Gasteiger partial charge in [-0.15, -0.1) is 0 Å². The molecule has 3 unspecified atom stereocenters. The van der Waals surface area contributed by atoms with Gasteiger partial charge in [-0.1, -0.05) is 0 Å². The van der Waals surface area contributed by atoms with Crippen molar-refractivity contribution in [2.24, 2.45) is 11.8 Å². The lowest BCUT2D eigenvalue weighted by molar-refractivity contribution is -0.149. The molecule has 2 aliphatic carbocycles. The average molecular weight is 446 g/mol. The Bertz CT molecular complexity index is 1080. The van der Waals surface area contributed by atoms with E-state index in [1.54, 1.807) is 0 Å². The largest absolute Gasteiger partial charge is 0.504 e. The molecule has 32 heavy (non-hydrogen) atoms. The van der Waals surface area contributed by atoms with E-state index in [0.29, 0.717) is 0 Å². The Morgan fingerprint density at radius 3 is 2.12 bits per heavy atom. The minimum absolute atomic E-state index is 0.0329. The summed E-state index contributed by atoms with van der Waals surface area (Å²) in [6.07, 6.45) is 2.42. The molecule has 10 nitrogen and oxygen atoms in total. The van der Waals surface area contributed by atoms with Crippen molar-refractivity contribution < 1.29 is 48.7 Å². The maximum atomic E-state index is 13.1. The van der Waals surface area contributed by atoms with E-state index < -0.39 is 52.7 Å². The van der Waals surface area contributed by atoms with Crippen LogP contribution in [0.2, 0.25) is 0 Å². The van der Waals surface area contributed by atoms with E-state index in [2.05, 4.69) is 0 Å². The zero-order valence-electron chi connectivity index (χ0n) is 17.7. The number of aliphatic hydroxyl groups is 1. The highest BCUT2D eigenvalue weighted by atomic mass is 16.5. The van der Waals surface area contributed by atoms with Crippen LogP contribution >= 0.6 is 0 Å². The first kappa shape index (κ1) is 22.7. The van der Waals surface area contributed by atoms with E-state index in [1.165, 1.54) is 20.3 Å². The lowest BCUT2D eigenvalue weighted by Gasteiger charge is -2.39. The number of phenols is 2. The molecule has 1 aromatic rings. The topological polar surface area (TPSA) is 149 Å². The van der Waals surface area contributed by atoms with Crippen LogP contribution in [0.5, 0.6) is 17.2 Å². The zero-order chi connectivity index (χ0) is 23.7. The highest BCUT2D eigenvalue weighted by Crippen LogP contribution is 2.52. The summed E-state index contributed by atoms with van der Waals surface area (Å²) in [5.41, 5.74) is 0.214. The van der Waals surface area contributed by atoms with E-state index in [1.807, 2.05) is 0 Å². The lowest BCUT2D eigenvalue weighted by atomic mass is 9.63. The van der Waals surface area contributed by atoms with Gasteiger partial charge in [-0.3, -0.25) is 9.59 Å². The Labute approximate surface area is 183 Å². The predicted octanol–water partition coefficient (Wildman–Crippen LogP) is 1.63. The number of allylic oxidation sites excluding steroid dienone is 4. The van der Waals surface area contributed by atoms with E-state index in [4.69, 9.17) is 18.9 Å². The number of aliphatic hydroxyl groups excluding tert-OH is 1. The van der Waals surface area contributed by atoms with Crippen LogP contribution in [-0.2, 0) is 28.6 Å². The lowest BCUT2D eigenvalue weighted by Crippen LogP contribution is -2.42. The molecule has 0 amide bonds. The van der Waals surface area contributed by atoms with Crippen LogP contribution in [0.1, 0.15) is 11.5 Å². The normalized spacial score (nSPS) is 22.4. The zero-order valence-corrected chi connectivity index (χ0v) is 17.7. The highest BCUT2D eigenvalue weighted by Gasteiger charge is 2.51. The van der Waals surface area contributed by atoms with Gasteiger partial charge in [0.15, 0.2) is 17.3 Å². The van der Waals surface area contributed by atoms with Crippen LogP contribution < -0.4 is 4.74 Å². The number of benzene rings is 1. The second kappa shape index (κ2) is 8.66. The summed E-state index contributed by atoms with van der Waals surface area (Å²) in [6.45, 7) is 0.